The molecule has 1 atom stereocenters. The van der Waals surface area contributed by atoms with Crippen molar-refractivity contribution in [2.24, 2.45) is 22.6 Å². The molecular weight excluding hydrogens is 478 g/mol. The second kappa shape index (κ2) is 10.9. The molecule has 198 valence electrons. The number of primary amides is 1. The van der Waals surface area contributed by atoms with Crippen molar-refractivity contribution in [2.45, 2.75) is 64.3 Å². The van der Waals surface area contributed by atoms with Gasteiger partial charge in [0.25, 0.3) is 5.91 Å². The second-order valence-corrected chi connectivity index (χ2v) is 12.1. The number of anilines is 1. The number of amides is 3. The number of aryl methyl sites for hydroxylation is 1. The average molecular weight is 518 g/mol. The van der Waals surface area contributed by atoms with Crippen molar-refractivity contribution in [3.05, 3.63) is 23.3 Å². The lowest BCUT2D eigenvalue weighted by molar-refractivity contribution is -0.124. The molecule has 1 saturated carbocycles. The number of carbonyl (C=O) groups excluding carboxylic acids is 2. The van der Waals surface area contributed by atoms with Gasteiger partial charge in [-0.3, -0.25) is 14.7 Å². The number of carbonyl (C=O) groups is 2. The molecule has 1 spiro atoms. The SMILES string of the molecule is COc1cc(N(C)C(N)=O)cc(C)c1CCS(=O)N1CCC2(CC1)N=C(C1CCC(C)CC1)NC2=O. The Kier molecular flexibility index (Phi) is 8.04. The first-order chi connectivity index (χ1) is 17.1. The van der Waals surface area contributed by atoms with Gasteiger partial charge in [0.1, 0.15) is 17.1 Å². The van der Waals surface area contributed by atoms with Crippen LogP contribution in [-0.2, 0) is 22.2 Å². The maximum absolute atomic E-state index is 13.2. The van der Waals surface area contributed by atoms with Gasteiger partial charge >= 0.3 is 6.03 Å². The minimum absolute atomic E-state index is 0.0166. The lowest BCUT2D eigenvalue weighted by Crippen LogP contribution is -2.49. The van der Waals surface area contributed by atoms with E-state index in [0.717, 1.165) is 35.7 Å². The zero-order valence-corrected chi connectivity index (χ0v) is 22.7. The summed E-state index contributed by atoms with van der Waals surface area (Å²) in [6, 6.07) is 3.12. The highest BCUT2D eigenvalue weighted by atomic mass is 32.2. The summed E-state index contributed by atoms with van der Waals surface area (Å²) in [4.78, 5) is 30.8. The van der Waals surface area contributed by atoms with Gasteiger partial charge in [0.05, 0.1) is 18.1 Å². The van der Waals surface area contributed by atoms with Crippen molar-refractivity contribution < 1.29 is 18.5 Å². The Labute approximate surface area is 216 Å². The number of nitrogens with one attached hydrogen (secondary N) is 1. The van der Waals surface area contributed by atoms with Gasteiger partial charge in [-0.15, -0.1) is 0 Å². The number of urea groups is 1. The Balaban J connectivity index is 1.36. The minimum Gasteiger partial charge on any atom is -0.496 e. The molecule has 36 heavy (non-hydrogen) atoms. The molecule has 4 rings (SSSR count). The number of nitrogens with zero attached hydrogens (tertiary/aromatic N) is 3. The zero-order valence-electron chi connectivity index (χ0n) is 21.8. The number of benzene rings is 1. The summed E-state index contributed by atoms with van der Waals surface area (Å²) in [7, 11) is 2.02. The van der Waals surface area contributed by atoms with E-state index in [0.29, 0.717) is 55.5 Å². The van der Waals surface area contributed by atoms with E-state index in [2.05, 4.69) is 12.2 Å². The van der Waals surface area contributed by atoms with Gasteiger partial charge in [-0.25, -0.2) is 13.3 Å². The first-order valence-corrected chi connectivity index (χ1v) is 14.2. The van der Waals surface area contributed by atoms with Crippen LogP contribution in [0.4, 0.5) is 10.5 Å². The van der Waals surface area contributed by atoms with Crippen molar-refractivity contribution in [1.82, 2.24) is 9.62 Å². The van der Waals surface area contributed by atoms with Crippen molar-refractivity contribution in [3.8, 4) is 5.75 Å². The van der Waals surface area contributed by atoms with Crippen LogP contribution >= 0.6 is 0 Å². The largest absolute Gasteiger partial charge is 0.496 e. The molecule has 9 nitrogen and oxygen atoms in total. The molecule has 3 N–H and O–H groups in total. The number of amidine groups is 1. The third kappa shape index (κ3) is 5.44. The van der Waals surface area contributed by atoms with Crippen LogP contribution in [0.5, 0.6) is 5.75 Å². The number of rotatable bonds is 7. The molecule has 3 amide bonds. The van der Waals surface area contributed by atoms with Crippen LogP contribution in [0.3, 0.4) is 0 Å². The third-order valence-corrected chi connectivity index (χ3v) is 9.61. The first kappa shape index (κ1) is 26.6. The van der Waals surface area contributed by atoms with E-state index in [-0.39, 0.29) is 5.91 Å². The highest BCUT2D eigenvalue weighted by molar-refractivity contribution is 7.82. The molecule has 1 aromatic carbocycles. The summed E-state index contributed by atoms with van der Waals surface area (Å²) in [6.07, 6.45) is 6.32. The number of hydrogen-bond donors (Lipinski definition) is 2. The van der Waals surface area contributed by atoms with Crippen molar-refractivity contribution in [3.63, 3.8) is 0 Å². The van der Waals surface area contributed by atoms with Crippen LogP contribution in [-0.4, -0.2) is 64.8 Å². The molecule has 0 bridgehead atoms. The van der Waals surface area contributed by atoms with Gasteiger partial charge in [-0.2, -0.15) is 0 Å². The summed E-state index contributed by atoms with van der Waals surface area (Å²) >= 11 is 0. The topological polar surface area (TPSA) is 117 Å². The standard InChI is InChI=1S/C26H39N5O4S/c1-17-5-7-19(8-6-17)23-28-24(32)26(29-23)10-12-31(13-11-26)36(34)14-9-21-18(2)15-20(16-22(21)35-4)30(3)25(27)33/h15-17,19H,5-14H2,1-4H3,(H2,27,33)(H,28,29,32). The van der Waals surface area contributed by atoms with Crippen LogP contribution in [0.2, 0.25) is 0 Å². The molecule has 2 fully saturated rings. The van der Waals surface area contributed by atoms with Gasteiger partial charge in [-0.05, 0) is 62.1 Å². The molecule has 1 aromatic rings. The van der Waals surface area contributed by atoms with E-state index in [4.69, 9.17) is 15.5 Å². The quantitative estimate of drug-likeness (QED) is 0.578. The number of hydrogen-bond acceptors (Lipinski definition) is 5. The lowest BCUT2D eigenvalue weighted by Gasteiger charge is -2.34. The first-order valence-electron chi connectivity index (χ1n) is 12.9. The highest BCUT2D eigenvalue weighted by Crippen LogP contribution is 2.36. The fourth-order valence-corrected chi connectivity index (χ4v) is 6.80. The van der Waals surface area contributed by atoms with E-state index in [1.165, 1.54) is 17.7 Å². The normalized spacial score (nSPS) is 24.8. The molecule has 1 aliphatic carbocycles. The average Bonchev–Trinajstić information content (AvgIpc) is 3.18. The fourth-order valence-electron chi connectivity index (χ4n) is 5.58. The highest BCUT2D eigenvalue weighted by Gasteiger charge is 2.47. The monoisotopic (exact) mass is 517 g/mol. The Morgan fingerprint density at radius 2 is 1.94 bits per heavy atom. The molecule has 10 heteroatoms. The molecule has 0 radical (unpaired) electrons. The number of ether oxygens (including phenoxy) is 1. The maximum atomic E-state index is 13.2. The fraction of sp³-hybridized carbons (Fsp3) is 0.654. The summed E-state index contributed by atoms with van der Waals surface area (Å²) < 4.78 is 20.7. The Bertz CT molecular complexity index is 1060. The van der Waals surface area contributed by atoms with Crippen molar-refractivity contribution in [2.75, 3.05) is 37.9 Å². The number of aliphatic imine (C=N–C) groups is 1. The Morgan fingerprint density at radius 3 is 2.56 bits per heavy atom. The van der Waals surface area contributed by atoms with Crippen LogP contribution in [0.15, 0.2) is 17.1 Å². The van der Waals surface area contributed by atoms with Gasteiger partial charge in [0.15, 0.2) is 0 Å². The predicted molar refractivity (Wildman–Crippen MR) is 143 cm³/mol. The van der Waals surface area contributed by atoms with E-state index >= 15 is 0 Å². The van der Waals surface area contributed by atoms with Gasteiger partial charge in [0.2, 0.25) is 0 Å². The van der Waals surface area contributed by atoms with Crippen LogP contribution in [0, 0.1) is 18.8 Å². The number of piperidine rings is 1. The summed E-state index contributed by atoms with van der Waals surface area (Å²) in [5, 5.41) is 3.10. The predicted octanol–water partition coefficient (Wildman–Crippen LogP) is 2.91. The van der Waals surface area contributed by atoms with E-state index in [1.807, 2.05) is 17.3 Å². The third-order valence-electron chi connectivity index (χ3n) is 8.12. The van der Waals surface area contributed by atoms with E-state index < -0.39 is 22.6 Å². The number of nitrogens with two attached hydrogens (primary N) is 1. The molecule has 1 unspecified atom stereocenters. The molecular formula is C26H39N5O4S. The molecule has 2 aliphatic heterocycles. The summed E-state index contributed by atoms with van der Waals surface area (Å²) in [6.45, 7) is 5.40. The van der Waals surface area contributed by atoms with E-state index in [9.17, 15) is 13.8 Å². The molecule has 1 saturated heterocycles. The zero-order chi connectivity index (χ0) is 26.0. The summed E-state index contributed by atoms with van der Waals surface area (Å²) in [5.41, 5.74) is 7.28. The van der Waals surface area contributed by atoms with Gasteiger partial charge < -0.3 is 15.8 Å². The molecule has 0 aromatic heterocycles. The Morgan fingerprint density at radius 1 is 1.28 bits per heavy atom. The molecule has 3 aliphatic rings. The van der Waals surface area contributed by atoms with Crippen LogP contribution in [0.25, 0.3) is 0 Å². The molecule has 2 heterocycles. The van der Waals surface area contributed by atoms with Crippen molar-refractivity contribution >= 4 is 34.4 Å². The van der Waals surface area contributed by atoms with Gasteiger partial charge in [-0.1, -0.05) is 19.8 Å². The van der Waals surface area contributed by atoms with Crippen molar-refractivity contribution in [1.29, 1.82) is 0 Å². The van der Waals surface area contributed by atoms with Crippen LogP contribution < -0.4 is 20.7 Å². The van der Waals surface area contributed by atoms with Crippen LogP contribution in [0.1, 0.15) is 56.6 Å². The summed E-state index contributed by atoms with van der Waals surface area (Å²) in [5.74, 6) is 3.12. The second-order valence-electron chi connectivity index (χ2n) is 10.5. The maximum Gasteiger partial charge on any atom is 0.318 e. The van der Waals surface area contributed by atoms with E-state index in [1.54, 1.807) is 20.2 Å². The number of methoxy groups -OCH3 is 1. The lowest BCUT2D eigenvalue weighted by atomic mass is 9.82. The minimum atomic E-state index is -1.18. The Hall–Kier alpha value is -2.46. The smallest absolute Gasteiger partial charge is 0.318 e. The van der Waals surface area contributed by atoms with Gasteiger partial charge in [0, 0.05) is 43.6 Å².